The third-order valence-corrected chi connectivity index (χ3v) is 7.47. The number of hydrogen-bond acceptors (Lipinski definition) is 3. The Balaban J connectivity index is 1.45. The van der Waals surface area contributed by atoms with E-state index in [-0.39, 0.29) is 16.8 Å². The smallest absolute Gasteiger partial charge is 0.405 e. The Bertz CT molecular complexity index is 900. The Labute approximate surface area is 195 Å². The van der Waals surface area contributed by atoms with Crippen molar-refractivity contribution in [1.29, 1.82) is 0 Å². The predicted octanol–water partition coefficient (Wildman–Crippen LogP) is 7.52. The fraction of sp³-hybridized carbons (Fsp3) is 0.560. The highest BCUT2D eigenvalue weighted by Gasteiger charge is 2.48. The molecule has 1 atom stereocenters. The van der Waals surface area contributed by atoms with Gasteiger partial charge in [-0.05, 0) is 74.8 Å². The van der Waals surface area contributed by atoms with E-state index in [1.54, 1.807) is 12.1 Å². The average molecular weight is 512 g/mol. The van der Waals surface area contributed by atoms with Crippen LogP contribution in [0.3, 0.4) is 0 Å². The molecular weight excluding hydrogens is 483 g/mol. The molecule has 0 amide bonds. The fourth-order valence-corrected chi connectivity index (χ4v) is 5.87. The van der Waals surface area contributed by atoms with Gasteiger partial charge in [-0.15, -0.1) is 13.2 Å². The monoisotopic (exact) mass is 511 g/mol. The average Bonchev–Trinajstić information content (AvgIpc) is 3.19. The molecule has 32 heavy (non-hydrogen) atoms. The van der Waals surface area contributed by atoms with E-state index in [4.69, 9.17) is 9.72 Å². The zero-order valence-electron chi connectivity index (χ0n) is 18.1. The second kappa shape index (κ2) is 9.72. The molecule has 1 saturated carbocycles. The van der Waals surface area contributed by atoms with Crippen molar-refractivity contribution in [3.8, 4) is 5.75 Å². The molecule has 1 aromatic heterocycles. The molecule has 0 radical (unpaired) electrons. The van der Waals surface area contributed by atoms with Gasteiger partial charge in [0.1, 0.15) is 5.75 Å². The summed E-state index contributed by atoms with van der Waals surface area (Å²) in [4.78, 5) is 4.72. The molecule has 7 heteroatoms. The summed E-state index contributed by atoms with van der Waals surface area (Å²) in [7, 11) is 0. The van der Waals surface area contributed by atoms with Gasteiger partial charge in [0.05, 0.1) is 5.60 Å². The van der Waals surface area contributed by atoms with E-state index < -0.39 is 6.36 Å². The lowest BCUT2D eigenvalue weighted by Crippen LogP contribution is -2.46. The van der Waals surface area contributed by atoms with Crippen LogP contribution in [0.4, 0.5) is 13.2 Å². The van der Waals surface area contributed by atoms with Crippen molar-refractivity contribution in [2.24, 2.45) is 0 Å². The molecule has 1 aromatic carbocycles. The molecule has 1 aliphatic heterocycles. The molecule has 0 N–H and O–H groups in total. The van der Waals surface area contributed by atoms with E-state index in [2.05, 4.69) is 26.7 Å². The third kappa shape index (κ3) is 5.66. The Hall–Kier alpha value is -1.60. The normalized spacial score (nSPS) is 22.9. The molecule has 0 bridgehead atoms. The minimum Gasteiger partial charge on any atom is -0.405 e. The van der Waals surface area contributed by atoms with Gasteiger partial charge in [-0.2, -0.15) is 0 Å². The Morgan fingerprint density at radius 2 is 1.88 bits per heavy atom. The number of ether oxygens (including phenoxy) is 2. The molecule has 1 spiro atoms. The van der Waals surface area contributed by atoms with Crippen molar-refractivity contribution in [1.82, 2.24) is 4.98 Å². The lowest BCUT2D eigenvalue weighted by atomic mass is 9.67. The predicted molar refractivity (Wildman–Crippen MR) is 121 cm³/mol. The zero-order valence-corrected chi connectivity index (χ0v) is 19.7. The van der Waals surface area contributed by atoms with E-state index in [9.17, 15) is 13.2 Å². The second-order valence-electron chi connectivity index (χ2n) is 9.17. The summed E-state index contributed by atoms with van der Waals surface area (Å²) in [5.41, 5.74) is 1.64. The number of rotatable bonds is 7. The van der Waals surface area contributed by atoms with E-state index in [1.165, 1.54) is 18.9 Å². The first-order valence-electron chi connectivity index (χ1n) is 11.4. The van der Waals surface area contributed by atoms with E-state index >= 15 is 0 Å². The number of benzene rings is 1. The lowest BCUT2D eigenvalue weighted by Gasteiger charge is -2.46. The minimum absolute atomic E-state index is 0.0325. The highest BCUT2D eigenvalue weighted by Crippen LogP contribution is 2.50. The quantitative estimate of drug-likeness (QED) is 0.360. The molecule has 2 heterocycles. The lowest BCUT2D eigenvalue weighted by molar-refractivity contribution is -0.274. The number of aromatic nitrogens is 1. The van der Waals surface area contributed by atoms with E-state index in [0.29, 0.717) is 16.5 Å². The van der Waals surface area contributed by atoms with Gasteiger partial charge in [0, 0.05) is 28.4 Å². The van der Waals surface area contributed by atoms with Crippen molar-refractivity contribution in [2.75, 3.05) is 6.61 Å². The van der Waals surface area contributed by atoms with Crippen molar-refractivity contribution < 1.29 is 22.6 Å². The highest BCUT2D eigenvalue weighted by atomic mass is 79.9. The molecular formula is C25H29BrF3NO2. The van der Waals surface area contributed by atoms with E-state index in [0.717, 1.165) is 57.2 Å². The molecule has 1 saturated heterocycles. The van der Waals surface area contributed by atoms with Gasteiger partial charge in [-0.1, -0.05) is 47.3 Å². The van der Waals surface area contributed by atoms with Crippen LogP contribution < -0.4 is 4.74 Å². The number of pyridine rings is 1. The van der Waals surface area contributed by atoms with Gasteiger partial charge < -0.3 is 9.47 Å². The minimum atomic E-state index is -4.70. The van der Waals surface area contributed by atoms with Crippen molar-refractivity contribution >= 4 is 15.9 Å². The van der Waals surface area contributed by atoms with E-state index in [1.807, 2.05) is 18.3 Å². The van der Waals surface area contributed by atoms with Gasteiger partial charge >= 0.3 is 6.36 Å². The molecule has 1 unspecified atom stereocenters. The Morgan fingerprint density at radius 3 is 2.59 bits per heavy atom. The molecule has 2 fully saturated rings. The van der Waals surface area contributed by atoms with Crippen LogP contribution in [0.1, 0.15) is 69.0 Å². The van der Waals surface area contributed by atoms with Crippen LogP contribution in [-0.2, 0) is 16.6 Å². The molecule has 4 rings (SSSR count). The topological polar surface area (TPSA) is 31.4 Å². The van der Waals surface area contributed by atoms with Gasteiger partial charge in [-0.25, -0.2) is 0 Å². The van der Waals surface area contributed by atoms with Crippen molar-refractivity contribution in [3.05, 3.63) is 58.3 Å². The van der Waals surface area contributed by atoms with Crippen LogP contribution in [0.2, 0.25) is 0 Å². The Morgan fingerprint density at radius 1 is 1.06 bits per heavy atom. The summed E-state index contributed by atoms with van der Waals surface area (Å²) in [6.07, 6.45) is 6.92. The number of alkyl halides is 3. The SMILES string of the molecule is FC(F)(F)Oc1cc(Br)ccc1CCCCC1(c2ccccn2)CCOC2(CCCC2)C1. The van der Waals surface area contributed by atoms with Crippen LogP contribution in [-0.4, -0.2) is 23.6 Å². The zero-order chi connectivity index (χ0) is 22.7. The number of hydrogen-bond donors (Lipinski definition) is 0. The molecule has 2 aromatic rings. The first kappa shape index (κ1) is 23.6. The van der Waals surface area contributed by atoms with Gasteiger partial charge in [0.15, 0.2) is 0 Å². The summed E-state index contributed by atoms with van der Waals surface area (Å²) in [6.45, 7) is 0.743. The highest BCUT2D eigenvalue weighted by molar-refractivity contribution is 9.10. The van der Waals surface area contributed by atoms with Gasteiger partial charge in [-0.3, -0.25) is 4.98 Å². The molecule has 2 aliphatic rings. The molecule has 174 valence electrons. The largest absolute Gasteiger partial charge is 0.573 e. The second-order valence-corrected chi connectivity index (χ2v) is 10.1. The van der Waals surface area contributed by atoms with Crippen LogP contribution in [0.15, 0.2) is 47.1 Å². The fourth-order valence-electron chi connectivity index (χ4n) is 5.53. The maximum atomic E-state index is 12.8. The first-order chi connectivity index (χ1) is 15.3. The number of nitrogens with zero attached hydrogens (tertiary/aromatic N) is 1. The van der Waals surface area contributed by atoms with Crippen molar-refractivity contribution in [3.63, 3.8) is 0 Å². The van der Waals surface area contributed by atoms with Crippen molar-refractivity contribution in [2.45, 2.75) is 81.6 Å². The maximum absolute atomic E-state index is 12.8. The standard InChI is InChI=1S/C25H29BrF3NO2/c26-20-10-9-19(21(17-20)32-25(27,28)29)7-1-3-11-23(22-8-2-6-15-30-22)14-16-31-24(18-23)12-4-5-13-24/h2,6,8-10,15,17H,1,3-5,7,11-14,16,18H2. The van der Waals surface area contributed by atoms with Crippen LogP contribution in [0.25, 0.3) is 0 Å². The molecule has 1 aliphatic carbocycles. The van der Waals surface area contributed by atoms with Gasteiger partial charge in [0.2, 0.25) is 0 Å². The maximum Gasteiger partial charge on any atom is 0.573 e. The first-order valence-corrected chi connectivity index (χ1v) is 12.2. The Kier molecular flexibility index (Phi) is 7.15. The molecule has 3 nitrogen and oxygen atoms in total. The third-order valence-electron chi connectivity index (χ3n) is 6.98. The summed E-state index contributed by atoms with van der Waals surface area (Å²) < 4.78 is 49.6. The summed E-state index contributed by atoms with van der Waals surface area (Å²) in [6, 6.07) is 11.0. The summed E-state index contributed by atoms with van der Waals surface area (Å²) >= 11 is 3.23. The van der Waals surface area contributed by atoms with Crippen LogP contribution in [0.5, 0.6) is 5.75 Å². The van der Waals surface area contributed by atoms with Gasteiger partial charge in [0.25, 0.3) is 0 Å². The van der Waals surface area contributed by atoms with Crippen LogP contribution >= 0.6 is 15.9 Å². The number of halogens is 4. The summed E-state index contributed by atoms with van der Waals surface area (Å²) in [5.74, 6) is -0.123. The number of unbranched alkanes of at least 4 members (excludes halogenated alkanes) is 1. The number of aryl methyl sites for hydroxylation is 1. The van der Waals surface area contributed by atoms with Crippen LogP contribution in [0, 0.1) is 0 Å². The summed E-state index contributed by atoms with van der Waals surface area (Å²) in [5, 5.41) is 0.